The quantitative estimate of drug-likeness (QED) is 0.730. The molecule has 4 rings (SSSR count). The molecule has 3 heterocycles. The lowest BCUT2D eigenvalue weighted by molar-refractivity contribution is -0.137. The Morgan fingerprint density at radius 1 is 1.21 bits per heavy atom. The molecule has 1 aliphatic heterocycles. The Morgan fingerprint density at radius 3 is 2.75 bits per heavy atom. The topological polar surface area (TPSA) is 79.2 Å². The van der Waals surface area contributed by atoms with Gasteiger partial charge in [0.15, 0.2) is 5.76 Å². The van der Waals surface area contributed by atoms with E-state index in [0.29, 0.717) is 24.2 Å². The molecule has 9 heteroatoms. The van der Waals surface area contributed by atoms with Crippen molar-refractivity contribution in [2.45, 2.75) is 19.1 Å². The van der Waals surface area contributed by atoms with Crippen LogP contribution in [0.25, 0.3) is 11.4 Å². The summed E-state index contributed by atoms with van der Waals surface area (Å²) in [5.74, 6) is -0.0916. The number of amides is 1. The van der Waals surface area contributed by atoms with Gasteiger partial charge in [0.25, 0.3) is 11.5 Å². The standard InChI is InChI=1S/C19H14F3N3O3/c20-19(21,22)12-4-1-3-11(9-12)16-23-14-6-7-25(10-13(14)17(26)24-16)18(27)15-5-2-8-28-15/h1-5,8-9H,6-7,10H2,(H,23,24,26). The van der Waals surface area contributed by atoms with Crippen molar-refractivity contribution in [3.05, 3.63) is 75.6 Å². The second kappa shape index (κ2) is 6.66. The lowest BCUT2D eigenvalue weighted by Gasteiger charge is -2.27. The first kappa shape index (κ1) is 18.0. The van der Waals surface area contributed by atoms with E-state index in [1.807, 2.05) is 0 Å². The minimum atomic E-state index is -4.49. The number of furan rings is 1. The fourth-order valence-corrected chi connectivity index (χ4v) is 3.13. The van der Waals surface area contributed by atoms with Crippen molar-refractivity contribution in [2.24, 2.45) is 0 Å². The zero-order valence-electron chi connectivity index (χ0n) is 14.4. The van der Waals surface area contributed by atoms with Gasteiger partial charge in [-0.2, -0.15) is 13.2 Å². The third-order valence-electron chi connectivity index (χ3n) is 4.55. The Balaban J connectivity index is 1.65. The molecule has 2 aromatic heterocycles. The molecule has 0 saturated carbocycles. The van der Waals surface area contributed by atoms with Crippen LogP contribution in [0.2, 0.25) is 0 Å². The molecule has 1 amide bonds. The van der Waals surface area contributed by atoms with Crippen LogP contribution in [0.3, 0.4) is 0 Å². The van der Waals surface area contributed by atoms with E-state index in [1.54, 1.807) is 6.07 Å². The number of aromatic nitrogens is 2. The number of rotatable bonds is 2. The van der Waals surface area contributed by atoms with Crippen molar-refractivity contribution < 1.29 is 22.4 Å². The second-order valence-electron chi connectivity index (χ2n) is 6.37. The molecule has 0 saturated heterocycles. The van der Waals surface area contributed by atoms with Crippen LogP contribution in [-0.4, -0.2) is 27.3 Å². The van der Waals surface area contributed by atoms with E-state index >= 15 is 0 Å². The molecule has 0 atom stereocenters. The molecule has 144 valence electrons. The maximum absolute atomic E-state index is 12.9. The van der Waals surface area contributed by atoms with Gasteiger partial charge >= 0.3 is 6.18 Å². The molecule has 0 aliphatic carbocycles. The van der Waals surface area contributed by atoms with Crippen molar-refractivity contribution in [3.63, 3.8) is 0 Å². The Bertz CT molecular complexity index is 1090. The van der Waals surface area contributed by atoms with Gasteiger partial charge in [0, 0.05) is 18.5 Å². The number of benzene rings is 1. The van der Waals surface area contributed by atoms with Gasteiger partial charge in [0.1, 0.15) is 5.82 Å². The third kappa shape index (κ3) is 3.30. The van der Waals surface area contributed by atoms with Crippen molar-refractivity contribution >= 4 is 5.91 Å². The van der Waals surface area contributed by atoms with Crippen molar-refractivity contribution in [3.8, 4) is 11.4 Å². The number of H-pyrrole nitrogens is 1. The van der Waals surface area contributed by atoms with E-state index in [1.165, 1.54) is 29.4 Å². The molecular formula is C19H14F3N3O3. The number of nitrogens with one attached hydrogen (secondary N) is 1. The third-order valence-corrected chi connectivity index (χ3v) is 4.55. The van der Waals surface area contributed by atoms with Gasteiger partial charge in [-0.1, -0.05) is 12.1 Å². The van der Waals surface area contributed by atoms with E-state index in [-0.39, 0.29) is 29.6 Å². The van der Waals surface area contributed by atoms with Crippen molar-refractivity contribution in [2.75, 3.05) is 6.54 Å². The number of alkyl halides is 3. The monoisotopic (exact) mass is 389 g/mol. The molecule has 1 aliphatic rings. The minimum Gasteiger partial charge on any atom is -0.459 e. The summed E-state index contributed by atoms with van der Waals surface area (Å²) in [5.41, 5.74) is -0.333. The second-order valence-corrected chi connectivity index (χ2v) is 6.37. The summed E-state index contributed by atoms with van der Waals surface area (Å²) in [6.45, 7) is 0.380. The highest BCUT2D eigenvalue weighted by atomic mass is 19.4. The average Bonchev–Trinajstić information content (AvgIpc) is 3.21. The molecule has 0 radical (unpaired) electrons. The summed E-state index contributed by atoms with van der Waals surface area (Å²) >= 11 is 0. The average molecular weight is 389 g/mol. The highest BCUT2D eigenvalue weighted by Gasteiger charge is 2.31. The molecule has 1 aromatic carbocycles. The van der Waals surface area contributed by atoms with Crippen LogP contribution in [0.4, 0.5) is 13.2 Å². The lowest BCUT2D eigenvalue weighted by atomic mass is 10.1. The van der Waals surface area contributed by atoms with Gasteiger partial charge in [0.2, 0.25) is 0 Å². The number of hydrogen-bond acceptors (Lipinski definition) is 4. The van der Waals surface area contributed by atoms with E-state index < -0.39 is 17.3 Å². The van der Waals surface area contributed by atoms with Gasteiger partial charge in [-0.05, 0) is 24.3 Å². The van der Waals surface area contributed by atoms with Crippen LogP contribution in [0.5, 0.6) is 0 Å². The maximum atomic E-state index is 12.9. The first-order valence-corrected chi connectivity index (χ1v) is 8.45. The smallest absolute Gasteiger partial charge is 0.416 e. The molecule has 6 nitrogen and oxygen atoms in total. The minimum absolute atomic E-state index is 0.0556. The summed E-state index contributed by atoms with van der Waals surface area (Å²) < 4.78 is 43.9. The summed E-state index contributed by atoms with van der Waals surface area (Å²) in [5, 5.41) is 0. The van der Waals surface area contributed by atoms with Crippen LogP contribution in [-0.2, 0) is 19.1 Å². The number of aromatic amines is 1. The zero-order valence-corrected chi connectivity index (χ0v) is 14.4. The van der Waals surface area contributed by atoms with Gasteiger partial charge in [-0.25, -0.2) is 4.98 Å². The lowest BCUT2D eigenvalue weighted by Crippen LogP contribution is -2.39. The molecule has 3 aromatic rings. The van der Waals surface area contributed by atoms with Crippen LogP contribution in [0, 0.1) is 0 Å². The molecule has 0 bridgehead atoms. The SMILES string of the molecule is O=C(c1ccco1)N1CCc2nc(-c3cccc(C(F)(F)F)c3)[nH]c(=O)c2C1. The summed E-state index contributed by atoms with van der Waals surface area (Å²) in [6, 6.07) is 7.76. The molecule has 1 N–H and O–H groups in total. The number of nitrogens with zero attached hydrogens (tertiary/aromatic N) is 2. The van der Waals surface area contributed by atoms with Gasteiger partial charge < -0.3 is 14.3 Å². The first-order chi connectivity index (χ1) is 13.3. The largest absolute Gasteiger partial charge is 0.459 e. The first-order valence-electron chi connectivity index (χ1n) is 8.45. The fourth-order valence-electron chi connectivity index (χ4n) is 3.13. The number of carbonyl (C=O) groups is 1. The number of halogens is 3. The Morgan fingerprint density at radius 2 is 2.04 bits per heavy atom. The summed E-state index contributed by atoms with van der Waals surface area (Å²) in [4.78, 5) is 33.3. The summed E-state index contributed by atoms with van der Waals surface area (Å²) in [7, 11) is 0. The highest BCUT2D eigenvalue weighted by Crippen LogP contribution is 2.31. The Labute approximate surface area is 156 Å². The predicted molar refractivity (Wildman–Crippen MR) is 92.4 cm³/mol. The van der Waals surface area contributed by atoms with Crippen LogP contribution in [0.1, 0.15) is 27.4 Å². The zero-order chi connectivity index (χ0) is 19.9. The highest BCUT2D eigenvalue weighted by molar-refractivity contribution is 5.91. The molecule has 0 spiro atoms. The Hall–Kier alpha value is -3.36. The van der Waals surface area contributed by atoms with Crippen molar-refractivity contribution in [1.82, 2.24) is 14.9 Å². The van der Waals surface area contributed by atoms with E-state index in [4.69, 9.17) is 4.42 Å². The van der Waals surface area contributed by atoms with Gasteiger partial charge in [0.05, 0.1) is 29.6 Å². The molecular weight excluding hydrogens is 375 g/mol. The molecule has 28 heavy (non-hydrogen) atoms. The predicted octanol–water partition coefficient (Wildman–Crippen LogP) is 3.25. The van der Waals surface area contributed by atoms with E-state index in [0.717, 1.165) is 12.1 Å². The fraction of sp³-hybridized carbons (Fsp3) is 0.211. The van der Waals surface area contributed by atoms with Crippen molar-refractivity contribution in [1.29, 1.82) is 0 Å². The molecule has 0 unspecified atom stereocenters. The van der Waals surface area contributed by atoms with Gasteiger partial charge in [-0.3, -0.25) is 9.59 Å². The van der Waals surface area contributed by atoms with Crippen LogP contribution in [0.15, 0.2) is 51.9 Å². The Kier molecular flexibility index (Phi) is 4.29. The molecule has 0 fully saturated rings. The normalized spacial score (nSPS) is 14.0. The summed E-state index contributed by atoms with van der Waals surface area (Å²) in [6.07, 6.45) is -2.78. The number of fused-ring (bicyclic) bond motifs is 1. The number of hydrogen-bond donors (Lipinski definition) is 1. The number of carbonyl (C=O) groups excluding carboxylic acids is 1. The van der Waals surface area contributed by atoms with E-state index in [2.05, 4.69) is 9.97 Å². The maximum Gasteiger partial charge on any atom is 0.416 e. The van der Waals surface area contributed by atoms with E-state index in [9.17, 15) is 22.8 Å². The van der Waals surface area contributed by atoms with Crippen LogP contribution >= 0.6 is 0 Å². The van der Waals surface area contributed by atoms with Crippen LogP contribution < -0.4 is 5.56 Å². The van der Waals surface area contributed by atoms with Gasteiger partial charge in [-0.15, -0.1) is 0 Å².